The van der Waals surface area contributed by atoms with Gasteiger partial charge in [0.15, 0.2) is 5.82 Å². The van der Waals surface area contributed by atoms with Crippen LogP contribution < -0.4 is 5.73 Å². The maximum absolute atomic E-state index is 6.13. The van der Waals surface area contributed by atoms with E-state index in [1.807, 2.05) is 18.2 Å². The first-order valence-electron chi connectivity index (χ1n) is 6.36. The van der Waals surface area contributed by atoms with Gasteiger partial charge < -0.3 is 5.73 Å². The predicted molar refractivity (Wildman–Crippen MR) is 72.0 cm³/mol. The first-order chi connectivity index (χ1) is 8.65. The maximum Gasteiger partial charge on any atom is 0.167 e. The third-order valence-corrected chi connectivity index (χ3v) is 2.78. The van der Waals surface area contributed by atoms with E-state index in [0.29, 0.717) is 11.7 Å². The van der Waals surface area contributed by atoms with Crippen molar-refractivity contribution >= 4 is 0 Å². The molecule has 4 heteroatoms. The summed E-state index contributed by atoms with van der Waals surface area (Å²) in [6.07, 6.45) is 1.67. The van der Waals surface area contributed by atoms with Crippen molar-refractivity contribution in [3.05, 3.63) is 47.5 Å². The molecule has 18 heavy (non-hydrogen) atoms. The molecule has 0 saturated heterocycles. The zero-order valence-electron chi connectivity index (χ0n) is 10.9. The van der Waals surface area contributed by atoms with Crippen molar-refractivity contribution in [2.45, 2.75) is 32.7 Å². The van der Waals surface area contributed by atoms with Crippen LogP contribution in [-0.2, 0) is 12.8 Å². The Morgan fingerprint density at radius 1 is 1.17 bits per heavy atom. The van der Waals surface area contributed by atoms with Gasteiger partial charge in [-0.05, 0) is 17.9 Å². The summed E-state index contributed by atoms with van der Waals surface area (Å²) in [6, 6.07) is 10.0. The number of nitrogens with two attached hydrogens (primary N) is 1. The van der Waals surface area contributed by atoms with E-state index in [1.165, 1.54) is 5.56 Å². The number of aromatic amines is 1. The Kier molecular flexibility index (Phi) is 4.10. The van der Waals surface area contributed by atoms with Gasteiger partial charge >= 0.3 is 0 Å². The normalized spacial score (nSPS) is 12.9. The van der Waals surface area contributed by atoms with E-state index in [9.17, 15) is 0 Å². The molecule has 0 amide bonds. The summed E-state index contributed by atoms with van der Waals surface area (Å²) in [7, 11) is 0. The molecule has 1 heterocycles. The molecular formula is C14H20N4. The first kappa shape index (κ1) is 12.8. The molecule has 0 saturated carbocycles. The molecule has 1 atom stereocenters. The lowest BCUT2D eigenvalue weighted by molar-refractivity contribution is 0.620. The minimum absolute atomic E-state index is 0.149. The number of aromatic nitrogens is 3. The predicted octanol–water partition coefficient (Wildman–Crippen LogP) is 2.25. The fourth-order valence-electron chi connectivity index (χ4n) is 1.91. The Hall–Kier alpha value is -1.68. The van der Waals surface area contributed by atoms with Crippen molar-refractivity contribution in [1.82, 2.24) is 15.2 Å². The summed E-state index contributed by atoms with van der Waals surface area (Å²) in [6.45, 7) is 4.32. The first-order valence-corrected chi connectivity index (χ1v) is 6.36. The number of nitrogens with zero attached hydrogens (tertiary/aromatic N) is 2. The molecule has 2 aromatic rings. The molecule has 0 radical (unpaired) electrons. The molecule has 0 spiro atoms. The summed E-state index contributed by atoms with van der Waals surface area (Å²) in [5.74, 6) is 2.19. The highest BCUT2D eigenvalue weighted by atomic mass is 15.2. The lowest BCUT2D eigenvalue weighted by atomic mass is 10.1. The van der Waals surface area contributed by atoms with Crippen LogP contribution in [0.3, 0.4) is 0 Å². The van der Waals surface area contributed by atoms with Crippen LogP contribution in [0.4, 0.5) is 0 Å². The molecule has 3 N–H and O–H groups in total. The lowest BCUT2D eigenvalue weighted by Crippen LogP contribution is -2.15. The second-order valence-electron chi connectivity index (χ2n) is 5.03. The SMILES string of the molecule is CC(C)Cc1nc([C@@H](N)Cc2ccccc2)n[nH]1. The molecule has 0 aliphatic heterocycles. The van der Waals surface area contributed by atoms with E-state index in [-0.39, 0.29) is 6.04 Å². The van der Waals surface area contributed by atoms with E-state index in [4.69, 9.17) is 5.73 Å². The standard InChI is InChI=1S/C14H20N4/c1-10(2)8-13-16-14(18-17-13)12(15)9-11-6-4-3-5-7-11/h3-7,10,12H,8-9,15H2,1-2H3,(H,16,17,18)/t12-/m0/s1. The Morgan fingerprint density at radius 2 is 1.89 bits per heavy atom. The van der Waals surface area contributed by atoms with E-state index < -0.39 is 0 Å². The number of hydrogen-bond acceptors (Lipinski definition) is 3. The second-order valence-corrected chi connectivity index (χ2v) is 5.03. The Morgan fingerprint density at radius 3 is 2.56 bits per heavy atom. The van der Waals surface area contributed by atoms with Crippen LogP contribution in [0.1, 0.15) is 37.1 Å². The maximum atomic E-state index is 6.13. The Balaban J connectivity index is 2.00. The van der Waals surface area contributed by atoms with Gasteiger partial charge in [-0.15, -0.1) is 0 Å². The van der Waals surface area contributed by atoms with Gasteiger partial charge in [-0.25, -0.2) is 4.98 Å². The van der Waals surface area contributed by atoms with Gasteiger partial charge in [0.25, 0.3) is 0 Å². The molecule has 0 unspecified atom stereocenters. The molecule has 1 aromatic carbocycles. The molecule has 4 nitrogen and oxygen atoms in total. The van der Waals surface area contributed by atoms with Crippen LogP contribution in [0.25, 0.3) is 0 Å². The van der Waals surface area contributed by atoms with Crippen LogP contribution in [0, 0.1) is 5.92 Å². The van der Waals surface area contributed by atoms with E-state index in [1.54, 1.807) is 0 Å². The molecule has 1 aromatic heterocycles. The van der Waals surface area contributed by atoms with Crippen molar-refractivity contribution in [2.75, 3.05) is 0 Å². The molecule has 0 aliphatic carbocycles. The number of hydrogen-bond donors (Lipinski definition) is 2. The van der Waals surface area contributed by atoms with E-state index in [2.05, 4.69) is 41.2 Å². The van der Waals surface area contributed by atoms with Crippen molar-refractivity contribution in [2.24, 2.45) is 11.7 Å². The van der Waals surface area contributed by atoms with Gasteiger partial charge in [-0.2, -0.15) is 5.10 Å². The van der Waals surface area contributed by atoms with Crippen LogP contribution in [0.2, 0.25) is 0 Å². The monoisotopic (exact) mass is 244 g/mol. The third-order valence-electron chi connectivity index (χ3n) is 2.78. The number of benzene rings is 1. The molecule has 0 aliphatic rings. The molecular weight excluding hydrogens is 224 g/mol. The molecule has 0 bridgehead atoms. The molecule has 96 valence electrons. The highest BCUT2D eigenvalue weighted by Gasteiger charge is 2.13. The quantitative estimate of drug-likeness (QED) is 0.847. The number of H-pyrrole nitrogens is 1. The highest BCUT2D eigenvalue weighted by molar-refractivity contribution is 5.17. The Labute approximate surface area is 108 Å². The smallest absolute Gasteiger partial charge is 0.167 e. The van der Waals surface area contributed by atoms with Crippen LogP contribution in [0.15, 0.2) is 30.3 Å². The van der Waals surface area contributed by atoms with Crippen molar-refractivity contribution in [3.63, 3.8) is 0 Å². The van der Waals surface area contributed by atoms with E-state index in [0.717, 1.165) is 18.7 Å². The second kappa shape index (κ2) is 5.78. The summed E-state index contributed by atoms with van der Waals surface area (Å²) in [5.41, 5.74) is 7.33. The van der Waals surface area contributed by atoms with Crippen molar-refractivity contribution in [3.8, 4) is 0 Å². The average molecular weight is 244 g/mol. The highest BCUT2D eigenvalue weighted by Crippen LogP contribution is 2.13. The van der Waals surface area contributed by atoms with Gasteiger partial charge in [-0.3, -0.25) is 5.10 Å². The Bertz CT molecular complexity index is 476. The fourth-order valence-corrected chi connectivity index (χ4v) is 1.91. The number of nitrogens with one attached hydrogen (secondary N) is 1. The van der Waals surface area contributed by atoms with E-state index >= 15 is 0 Å². The minimum atomic E-state index is -0.149. The van der Waals surface area contributed by atoms with Gasteiger partial charge in [0.05, 0.1) is 6.04 Å². The van der Waals surface area contributed by atoms with Crippen LogP contribution in [-0.4, -0.2) is 15.2 Å². The molecule has 0 fully saturated rings. The topological polar surface area (TPSA) is 67.6 Å². The zero-order chi connectivity index (χ0) is 13.0. The average Bonchev–Trinajstić information content (AvgIpc) is 2.78. The van der Waals surface area contributed by atoms with Gasteiger partial charge in [-0.1, -0.05) is 44.2 Å². The van der Waals surface area contributed by atoms with Crippen molar-refractivity contribution < 1.29 is 0 Å². The van der Waals surface area contributed by atoms with Gasteiger partial charge in [0.1, 0.15) is 5.82 Å². The summed E-state index contributed by atoms with van der Waals surface area (Å²) in [5, 5.41) is 7.17. The zero-order valence-corrected chi connectivity index (χ0v) is 10.9. The van der Waals surface area contributed by atoms with Crippen LogP contribution in [0.5, 0.6) is 0 Å². The minimum Gasteiger partial charge on any atom is -0.321 e. The molecule has 2 rings (SSSR count). The van der Waals surface area contributed by atoms with Crippen LogP contribution >= 0.6 is 0 Å². The fraction of sp³-hybridized carbons (Fsp3) is 0.429. The van der Waals surface area contributed by atoms with Crippen molar-refractivity contribution in [1.29, 1.82) is 0 Å². The summed E-state index contributed by atoms with van der Waals surface area (Å²) < 4.78 is 0. The number of rotatable bonds is 5. The largest absolute Gasteiger partial charge is 0.321 e. The third kappa shape index (κ3) is 3.40. The lowest BCUT2D eigenvalue weighted by Gasteiger charge is -2.07. The van der Waals surface area contributed by atoms with Gasteiger partial charge in [0.2, 0.25) is 0 Å². The summed E-state index contributed by atoms with van der Waals surface area (Å²) >= 11 is 0. The van der Waals surface area contributed by atoms with Gasteiger partial charge in [0, 0.05) is 6.42 Å². The summed E-state index contributed by atoms with van der Waals surface area (Å²) in [4.78, 5) is 4.45.